The molecule has 0 aliphatic heterocycles. The number of ether oxygens (including phenoxy) is 1. The molecule has 0 fully saturated rings. The van der Waals surface area contributed by atoms with Gasteiger partial charge in [-0.25, -0.2) is 10.8 Å². The normalized spacial score (nSPS) is 10.7. The minimum atomic E-state index is -0.675. The molecule has 18 heavy (non-hydrogen) atoms. The van der Waals surface area contributed by atoms with E-state index < -0.39 is 5.82 Å². The van der Waals surface area contributed by atoms with E-state index in [0.717, 1.165) is 6.20 Å². The highest BCUT2D eigenvalue weighted by atomic mass is 19.1. The maximum atomic E-state index is 13.4. The molecule has 0 bridgehead atoms. The van der Waals surface area contributed by atoms with E-state index in [4.69, 9.17) is 10.6 Å². The summed E-state index contributed by atoms with van der Waals surface area (Å²) >= 11 is 0. The lowest BCUT2D eigenvalue weighted by atomic mass is 10.4. The highest BCUT2D eigenvalue weighted by molar-refractivity contribution is 5.29. The van der Waals surface area contributed by atoms with Crippen LogP contribution in [0.4, 0.5) is 10.3 Å². The quantitative estimate of drug-likeness (QED) is 0.632. The van der Waals surface area contributed by atoms with E-state index >= 15 is 0 Å². The Hall–Kier alpha value is -2.22. The van der Waals surface area contributed by atoms with Crippen LogP contribution in [-0.2, 0) is 0 Å². The van der Waals surface area contributed by atoms with Gasteiger partial charge in [0.25, 0.3) is 5.88 Å². The van der Waals surface area contributed by atoms with E-state index in [0.29, 0.717) is 5.75 Å². The Morgan fingerprint density at radius 2 is 2.22 bits per heavy atom. The SMILES string of the molecule is CC(C)n1cc(Oc2nc(NN)ncc2F)cn1. The summed E-state index contributed by atoms with van der Waals surface area (Å²) in [5.74, 6) is 4.72. The van der Waals surface area contributed by atoms with Crippen LogP contribution in [0.1, 0.15) is 19.9 Å². The van der Waals surface area contributed by atoms with Gasteiger partial charge in [0.2, 0.25) is 11.8 Å². The number of nitrogen functional groups attached to an aromatic ring is 1. The third-order valence-electron chi connectivity index (χ3n) is 2.16. The molecular formula is C10H13FN6O. The zero-order valence-corrected chi connectivity index (χ0v) is 9.96. The predicted octanol–water partition coefficient (Wildman–Crippen LogP) is 1.47. The average molecular weight is 252 g/mol. The molecule has 7 nitrogen and oxygen atoms in total. The Balaban J connectivity index is 2.22. The van der Waals surface area contributed by atoms with Gasteiger partial charge in [-0.2, -0.15) is 14.5 Å². The summed E-state index contributed by atoms with van der Waals surface area (Å²) in [5.41, 5.74) is 2.21. The summed E-state index contributed by atoms with van der Waals surface area (Å²) in [6.07, 6.45) is 4.11. The molecule has 0 unspecified atom stereocenters. The maximum absolute atomic E-state index is 13.4. The van der Waals surface area contributed by atoms with Crippen molar-refractivity contribution < 1.29 is 9.13 Å². The third-order valence-corrected chi connectivity index (χ3v) is 2.16. The minimum absolute atomic E-state index is 0.0719. The Morgan fingerprint density at radius 3 is 2.83 bits per heavy atom. The number of rotatable bonds is 4. The van der Waals surface area contributed by atoms with Gasteiger partial charge in [0, 0.05) is 6.04 Å². The number of hydrogen-bond acceptors (Lipinski definition) is 6. The second-order valence-electron chi connectivity index (χ2n) is 3.84. The Bertz CT molecular complexity index is 541. The predicted molar refractivity (Wildman–Crippen MR) is 62.5 cm³/mol. The van der Waals surface area contributed by atoms with Gasteiger partial charge >= 0.3 is 0 Å². The summed E-state index contributed by atoms with van der Waals surface area (Å²) < 4.78 is 20.4. The first-order chi connectivity index (χ1) is 8.60. The first-order valence-electron chi connectivity index (χ1n) is 5.31. The molecule has 0 aromatic carbocycles. The van der Waals surface area contributed by atoms with Crippen LogP contribution in [0.3, 0.4) is 0 Å². The minimum Gasteiger partial charge on any atom is -0.433 e. The number of nitrogens with one attached hydrogen (secondary N) is 1. The highest BCUT2D eigenvalue weighted by Crippen LogP contribution is 2.22. The lowest BCUT2D eigenvalue weighted by Gasteiger charge is -2.05. The summed E-state index contributed by atoms with van der Waals surface area (Å²) in [7, 11) is 0. The first-order valence-corrected chi connectivity index (χ1v) is 5.31. The van der Waals surface area contributed by atoms with Gasteiger partial charge in [-0.1, -0.05) is 0 Å². The molecule has 2 rings (SSSR count). The van der Waals surface area contributed by atoms with Gasteiger partial charge in [0.15, 0.2) is 5.75 Å². The number of nitrogens with two attached hydrogens (primary N) is 1. The monoisotopic (exact) mass is 252 g/mol. The van der Waals surface area contributed by atoms with Crippen molar-refractivity contribution in [1.29, 1.82) is 0 Å². The van der Waals surface area contributed by atoms with Crippen LogP contribution in [0.25, 0.3) is 0 Å². The van der Waals surface area contributed by atoms with Crippen LogP contribution in [-0.4, -0.2) is 19.7 Å². The number of anilines is 1. The Kier molecular flexibility index (Phi) is 3.38. The fourth-order valence-electron chi connectivity index (χ4n) is 1.26. The average Bonchev–Trinajstić information content (AvgIpc) is 2.81. The highest BCUT2D eigenvalue weighted by Gasteiger charge is 2.11. The molecule has 0 aliphatic rings. The standard InChI is InChI=1S/C10H13FN6O/c1-6(2)17-5-7(3-14-17)18-9-8(11)4-13-10(15-9)16-12/h3-6H,12H2,1-2H3,(H,13,15,16). The fourth-order valence-corrected chi connectivity index (χ4v) is 1.26. The van der Waals surface area contributed by atoms with E-state index in [9.17, 15) is 4.39 Å². The smallest absolute Gasteiger partial charge is 0.261 e. The van der Waals surface area contributed by atoms with Crippen LogP contribution >= 0.6 is 0 Å². The van der Waals surface area contributed by atoms with Crippen LogP contribution in [0.5, 0.6) is 11.6 Å². The number of hydrogen-bond donors (Lipinski definition) is 2. The van der Waals surface area contributed by atoms with Gasteiger partial charge in [-0.3, -0.25) is 10.1 Å². The molecule has 0 saturated carbocycles. The van der Waals surface area contributed by atoms with E-state index in [2.05, 4.69) is 20.5 Å². The molecule has 0 aliphatic carbocycles. The second kappa shape index (κ2) is 4.96. The van der Waals surface area contributed by atoms with E-state index in [1.165, 1.54) is 6.20 Å². The lowest BCUT2D eigenvalue weighted by Crippen LogP contribution is -2.11. The lowest BCUT2D eigenvalue weighted by molar-refractivity contribution is 0.419. The van der Waals surface area contributed by atoms with Crippen molar-refractivity contribution in [3.8, 4) is 11.6 Å². The van der Waals surface area contributed by atoms with Crippen molar-refractivity contribution in [2.75, 3.05) is 5.43 Å². The van der Waals surface area contributed by atoms with Crippen LogP contribution < -0.4 is 16.0 Å². The molecule has 2 heterocycles. The van der Waals surface area contributed by atoms with Crippen molar-refractivity contribution >= 4 is 5.95 Å². The van der Waals surface area contributed by atoms with Crippen LogP contribution in [0.15, 0.2) is 18.6 Å². The Morgan fingerprint density at radius 1 is 1.44 bits per heavy atom. The molecule has 0 atom stereocenters. The van der Waals surface area contributed by atoms with E-state index in [1.807, 2.05) is 13.8 Å². The molecule has 2 aromatic rings. The van der Waals surface area contributed by atoms with Crippen molar-refractivity contribution in [3.05, 3.63) is 24.4 Å². The van der Waals surface area contributed by atoms with Crippen molar-refractivity contribution in [2.45, 2.75) is 19.9 Å². The third kappa shape index (κ3) is 2.54. The Labute approximate surface area is 103 Å². The summed E-state index contributed by atoms with van der Waals surface area (Å²) in [4.78, 5) is 7.37. The van der Waals surface area contributed by atoms with E-state index in [-0.39, 0.29) is 17.9 Å². The largest absolute Gasteiger partial charge is 0.433 e. The first kappa shape index (κ1) is 12.2. The number of nitrogens with zero attached hydrogens (tertiary/aromatic N) is 4. The zero-order valence-electron chi connectivity index (χ0n) is 9.96. The molecule has 0 saturated heterocycles. The number of halogens is 1. The zero-order chi connectivity index (χ0) is 13.1. The van der Waals surface area contributed by atoms with E-state index in [1.54, 1.807) is 10.9 Å². The number of aromatic nitrogens is 4. The topological polar surface area (TPSA) is 90.9 Å². The summed E-state index contributed by atoms with van der Waals surface area (Å²) in [5, 5.41) is 4.07. The maximum Gasteiger partial charge on any atom is 0.261 e. The van der Waals surface area contributed by atoms with Gasteiger partial charge < -0.3 is 4.74 Å². The fraction of sp³-hybridized carbons (Fsp3) is 0.300. The van der Waals surface area contributed by atoms with Crippen LogP contribution in [0.2, 0.25) is 0 Å². The van der Waals surface area contributed by atoms with Gasteiger partial charge in [-0.05, 0) is 13.8 Å². The van der Waals surface area contributed by atoms with Crippen LogP contribution in [0, 0.1) is 5.82 Å². The molecule has 96 valence electrons. The number of hydrazine groups is 1. The molecule has 0 amide bonds. The molecular weight excluding hydrogens is 239 g/mol. The van der Waals surface area contributed by atoms with Crippen molar-refractivity contribution in [2.24, 2.45) is 5.84 Å². The second-order valence-corrected chi connectivity index (χ2v) is 3.84. The molecule has 0 spiro atoms. The summed E-state index contributed by atoms with van der Waals surface area (Å²) in [6, 6.07) is 0.193. The van der Waals surface area contributed by atoms with Gasteiger partial charge in [0.1, 0.15) is 0 Å². The van der Waals surface area contributed by atoms with Gasteiger partial charge in [-0.15, -0.1) is 0 Å². The van der Waals surface area contributed by atoms with Crippen molar-refractivity contribution in [1.82, 2.24) is 19.7 Å². The summed E-state index contributed by atoms with van der Waals surface area (Å²) in [6.45, 7) is 3.94. The molecule has 2 aromatic heterocycles. The van der Waals surface area contributed by atoms with Gasteiger partial charge in [0.05, 0.1) is 18.6 Å². The van der Waals surface area contributed by atoms with Crippen molar-refractivity contribution in [3.63, 3.8) is 0 Å². The molecule has 8 heteroatoms. The molecule has 0 radical (unpaired) electrons. The molecule has 3 N–H and O–H groups in total.